The lowest BCUT2D eigenvalue weighted by molar-refractivity contribution is 0.282. The fourth-order valence-electron chi connectivity index (χ4n) is 7.32. The molecule has 0 bridgehead atoms. The number of nitrogens with one attached hydrogen (secondary N) is 1. The van der Waals surface area contributed by atoms with Gasteiger partial charge in [-0.1, -0.05) is 56.7 Å². The van der Waals surface area contributed by atoms with E-state index in [2.05, 4.69) is 40.3 Å². The molecule has 0 spiro atoms. The summed E-state index contributed by atoms with van der Waals surface area (Å²) in [6.07, 6.45) is 23.1. The predicted molar refractivity (Wildman–Crippen MR) is 141 cm³/mol. The molecule has 0 saturated heterocycles. The minimum Gasteiger partial charge on any atom is -0.347 e. The monoisotopic (exact) mass is 449 g/mol. The molecule has 182 valence electrons. The first-order chi connectivity index (χ1) is 16.3. The van der Waals surface area contributed by atoms with Crippen LogP contribution in [0.25, 0.3) is 10.9 Å². The lowest BCUT2D eigenvalue weighted by atomic mass is 9.75. The first-order valence-electron chi connectivity index (χ1n) is 14.3. The van der Waals surface area contributed by atoms with Crippen molar-refractivity contribution in [2.75, 3.05) is 6.54 Å². The van der Waals surface area contributed by atoms with Crippen molar-refractivity contribution < 1.29 is 0 Å². The number of aromatic nitrogens is 1. The van der Waals surface area contributed by atoms with Crippen molar-refractivity contribution in [1.82, 2.24) is 9.88 Å². The number of hydrogen-bond donors (Lipinski definition) is 2. The first kappa shape index (κ1) is 23.4. The molecule has 1 aromatic carbocycles. The molecule has 33 heavy (non-hydrogen) atoms. The number of rotatable bonds is 8. The third-order valence-corrected chi connectivity index (χ3v) is 9.28. The Bertz CT molecular complexity index is 851. The third kappa shape index (κ3) is 5.85. The highest BCUT2D eigenvalue weighted by atomic mass is 15.0. The van der Waals surface area contributed by atoms with Crippen LogP contribution >= 0.6 is 0 Å². The van der Waals surface area contributed by atoms with Gasteiger partial charge in [0.25, 0.3) is 0 Å². The van der Waals surface area contributed by atoms with E-state index in [4.69, 9.17) is 5.73 Å². The van der Waals surface area contributed by atoms with E-state index in [0.29, 0.717) is 18.0 Å². The van der Waals surface area contributed by atoms with Gasteiger partial charge in [-0.3, -0.25) is 0 Å². The minimum absolute atomic E-state index is 0.438. The Kier molecular flexibility index (Phi) is 8.09. The molecule has 1 unspecified atom stereocenters. The maximum Gasteiger partial charge on any atom is 0.0483 e. The van der Waals surface area contributed by atoms with Crippen molar-refractivity contribution >= 4 is 10.9 Å². The van der Waals surface area contributed by atoms with Crippen LogP contribution in [-0.4, -0.2) is 23.2 Å². The molecule has 3 N–H and O–H groups in total. The molecule has 1 atom stereocenters. The summed E-state index contributed by atoms with van der Waals surface area (Å²) in [7, 11) is 0. The molecule has 0 aliphatic heterocycles. The standard InChI is InChI=1S/C30H47N3/c31-25-15-17-26(18-16-25)32-20-19-27(24-11-5-2-6-12-24)29-22-33(21-23-9-3-1-4-10-23)30-14-8-7-13-28(29)30/h7-8,13-14,22-27,32H,1-6,9-12,15-21,31H2/t25-,26-,27?. The number of hydrogen-bond acceptors (Lipinski definition) is 2. The van der Waals surface area contributed by atoms with Gasteiger partial charge in [0.15, 0.2) is 0 Å². The van der Waals surface area contributed by atoms with Gasteiger partial charge >= 0.3 is 0 Å². The molecular weight excluding hydrogens is 402 g/mol. The molecule has 0 amide bonds. The van der Waals surface area contributed by atoms with Gasteiger partial charge in [-0.2, -0.15) is 0 Å². The molecule has 2 aromatic rings. The Balaban J connectivity index is 1.35. The van der Waals surface area contributed by atoms with Gasteiger partial charge in [0.2, 0.25) is 0 Å². The summed E-state index contributed by atoms with van der Waals surface area (Å²) >= 11 is 0. The van der Waals surface area contributed by atoms with Gasteiger partial charge in [-0.25, -0.2) is 0 Å². The highest BCUT2D eigenvalue weighted by Gasteiger charge is 2.28. The molecule has 0 radical (unpaired) electrons. The maximum atomic E-state index is 6.14. The van der Waals surface area contributed by atoms with Crippen LogP contribution < -0.4 is 11.1 Å². The van der Waals surface area contributed by atoms with E-state index in [1.54, 1.807) is 5.56 Å². The summed E-state index contributed by atoms with van der Waals surface area (Å²) in [5.41, 5.74) is 9.27. The summed E-state index contributed by atoms with van der Waals surface area (Å²) in [6, 6.07) is 10.4. The van der Waals surface area contributed by atoms with Crippen LogP contribution in [0.15, 0.2) is 30.5 Å². The predicted octanol–water partition coefficient (Wildman–Crippen LogP) is 7.14. The number of fused-ring (bicyclic) bond motifs is 1. The molecule has 5 rings (SSSR count). The van der Waals surface area contributed by atoms with Crippen LogP contribution in [0.1, 0.15) is 108 Å². The van der Waals surface area contributed by atoms with Crippen molar-refractivity contribution in [3.63, 3.8) is 0 Å². The average molecular weight is 450 g/mol. The SMILES string of the molecule is N[C@H]1CC[C@H](NCCC(c2cn(CC3CCCCC3)c3ccccc23)C2CCCCC2)CC1. The Morgan fingerprint density at radius 1 is 0.848 bits per heavy atom. The lowest BCUT2D eigenvalue weighted by Gasteiger charge is -2.32. The summed E-state index contributed by atoms with van der Waals surface area (Å²) in [4.78, 5) is 0. The summed E-state index contributed by atoms with van der Waals surface area (Å²) in [5, 5.41) is 5.47. The summed E-state index contributed by atoms with van der Waals surface area (Å²) in [5.74, 6) is 2.42. The molecule has 3 aliphatic carbocycles. The number of nitrogens with two attached hydrogens (primary N) is 1. The van der Waals surface area contributed by atoms with Gasteiger partial charge < -0.3 is 15.6 Å². The van der Waals surface area contributed by atoms with Crippen LogP contribution in [0.2, 0.25) is 0 Å². The largest absolute Gasteiger partial charge is 0.347 e. The Labute approximate surface area is 201 Å². The summed E-state index contributed by atoms with van der Waals surface area (Å²) < 4.78 is 2.65. The van der Waals surface area contributed by atoms with Crippen molar-refractivity contribution in [3.05, 3.63) is 36.0 Å². The van der Waals surface area contributed by atoms with Crippen LogP contribution in [0, 0.1) is 11.8 Å². The van der Waals surface area contributed by atoms with Crippen molar-refractivity contribution in [2.45, 2.75) is 121 Å². The molecule has 1 heterocycles. The van der Waals surface area contributed by atoms with E-state index in [1.807, 2.05) is 0 Å². The van der Waals surface area contributed by atoms with Crippen molar-refractivity contribution in [3.8, 4) is 0 Å². The van der Waals surface area contributed by atoms with Crippen LogP contribution in [0.4, 0.5) is 0 Å². The topological polar surface area (TPSA) is 43.0 Å². The van der Waals surface area contributed by atoms with Gasteiger partial charge in [0, 0.05) is 35.7 Å². The zero-order valence-electron chi connectivity index (χ0n) is 20.8. The second-order valence-corrected chi connectivity index (χ2v) is 11.6. The molecule has 3 fully saturated rings. The van der Waals surface area contributed by atoms with Gasteiger partial charge in [0.1, 0.15) is 0 Å². The Hall–Kier alpha value is -1.32. The zero-order valence-corrected chi connectivity index (χ0v) is 20.8. The highest BCUT2D eigenvalue weighted by molar-refractivity contribution is 5.84. The van der Waals surface area contributed by atoms with E-state index >= 15 is 0 Å². The van der Waals surface area contributed by atoms with E-state index in [9.17, 15) is 0 Å². The second-order valence-electron chi connectivity index (χ2n) is 11.6. The van der Waals surface area contributed by atoms with Gasteiger partial charge in [0.05, 0.1) is 0 Å². The molecule has 3 nitrogen and oxygen atoms in total. The maximum absolute atomic E-state index is 6.14. The smallest absolute Gasteiger partial charge is 0.0483 e. The van der Waals surface area contributed by atoms with Gasteiger partial charge in [-0.05, 0) is 93.7 Å². The average Bonchev–Trinajstić information content (AvgIpc) is 3.22. The van der Waals surface area contributed by atoms with E-state index < -0.39 is 0 Å². The quantitative estimate of drug-likeness (QED) is 0.450. The zero-order chi connectivity index (χ0) is 22.5. The Morgan fingerprint density at radius 3 is 2.30 bits per heavy atom. The fraction of sp³-hybridized carbons (Fsp3) is 0.733. The molecular formula is C30H47N3. The van der Waals surface area contributed by atoms with E-state index in [0.717, 1.165) is 18.4 Å². The minimum atomic E-state index is 0.438. The molecule has 3 heteroatoms. The number of nitrogens with zero attached hydrogens (tertiary/aromatic N) is 1. The third-order valence-electron chi connectivity index (χ3n) is 9.28. The van der Waals surface area contributed by atoms with Crippen molar-refractivity contribution in [1.29, 1.82) is 0 Å². The van der Waals surface area contributed by atoms with Crippen molar-refractivity contribution in [2.24, 2.45) is 17.6 Å². The van der Waals surface area contributed by atoms with Crippen LogP contribution in [-0.2, 0) is 6.54 Å². The summed E-state index contributed by atoms with van der Waals surface area (Å²) in [6.45, 7) is 2.38. The Morgan fingerprint density at radius 2 is 1.55 bits per heavy atom. The normalized spacial score (nSPS) is 26.6. The number of para-hydroxylation sites is 1. The van der Waals surface area contributed by atoms with Crippen LogP contribution in [0.5, 0.6) is 0 Å². The molecule has 3 saturated carbocycles. The lowest BCUT2D eigenvalue weighted by Crippen LogP contribution is -2.38. The first-order valence-corrected chi connectivity index (χ1v) is 14.3. The van der Waals surface area contributed by atoms with Gasteiger partial charge in [-0.15, -0.1) is 0 Å². The highest BCUT2D eigenvalue weighted by Crippen LogP contribution is 2.42. The van der Waals surface area contributed by atoms with E-state index in [1.165, 1.54) is 114 Å². The fourth-order valence-corrected chi connectivity index (χ4v) is 7.32. The second kappa shape index (κ2) is 11.4. The van der Waals surface area contributed by atoms with Crippen LogP contribution in [0.3, 0.4) is 0 Å². The molecule has 3 aliphatic rings. The molecule has 1 aromatic heterocycles. The number of benzene rings is 1. The van der Waals surface area contributed by atoms with E-state index in [-0.39, 0.29) is 0 Å².